The second-order valence-electron chi connectivity index (χ2n) is 3.69. The molecule has 0 aliphatic rings. The van der Waals surface area contributed by atoms with Crippen molar-refractivity contribution in [3.63, 3.8) is 0 Å². The van der Waals surface area contributed by atoms with E-state index in [4.69, 9.17) is 34.8 Å². The molecule has 0 nitrogen and oxygen atoms in total. The number of halogens is 5. The zero-order valence-corrected chi connectivity index (χ0v) is 14.4. The predicted octanol–water partition coefficient (Wildman–Crippen LogP) is 6.85. The molecule has 1 unspecified atom stereocenters. The lowest BCUT2D eigenvalue weighted by molar-refractivity contribution is 1.13. The average molecular weight is 429 g/mol. The van der Waals surface area contributed by atoms with E-state index in [2.05, 4.69) is 31.9 Å². The third kappa shape index (κ3) is 3.23. The second-order valence-corrected chi connectivity index (χ2v) is 6.74. The molecule has 0 aliphatic carbocycles. The summed E-state index contributed by atoms with van der Waals surface area (Å²) in [5.41, 5.74) is 1.74. The van der Waals surface area contributed by atoms with Crippen molar-refractivity contribution in [1.29, 1.82) is 0 Å². The number of hydrogen-bond donors (Lipinski definition) is 0. The maximum Gasteiger partial charge on any atom is 0.0861 e. The highest BCUT2D eigenvalue weighted by molar-refractivity contribution is 9.11. The molecular formula is C13H7Br2Cl3. The molecule has 2 aromatic rings. The zero-order chi connectivity index (χ0) is 13.3. The Morgan fingerprint density at radius 3 is 2.33 bits per heavy atom. The van der Waals surface area contributed by atoms with Gasteiger partial charge in [0.2, 0.25) is 0 Å². The van der Waals surface area contributed by atoms with E-state index < -0.39 is 0 Å². The van der Waals surface area contributed by atoms with Gasteiger partial charge in [0.15, 0.2) is 0 Å². The quantitative estimate of drug-likeness (QED) is 0.458. The summed E-state index contributed by atoms with van der Waals surface area (Å²) in [4.78, 5) is 0. The molecule has 1 atom stereocenters. The molecule has 5 heteroatoms. The Labute approximate surface area is 137 Å². The molecule has 0 amide bonds. The normalized spacial score (nSPS) is 12.5. The van der Waals surface area contributed by atoms with Crippen molar-refractivity contribution in [1.82, 2.24) is 0 Å². The molecule has 94 valence electrons. The summed E-state index contributed by atoms with van der Waals surface area (Å²) in [6.07, 6.45) is 0. The first-order chi connectivity index (χ1) is 8.49. The van der Waals surface area contributed by atoms with Gasteiger partial charge in [0.1, 0.15) is 0 Å². The van der Waals surface area contributed by atoms with Crippen LogP contribution in [0.15, 0.2) is 45.3 Å². The van der Waals surface area contributed by atoms with Crippen LogP contribution in [-0.2, 0) is 0 Å². The standard InChI is InChI=1S/C13H7Br2Cl3/c14-7-1-3-11(15)9(5-7)13(18)10-6-8(16)2-4-12(10)17/h1-6,13H. The van der Waals surface area contributed by atoms with E-state index in [1.54, 1.807) is 18.2 Å². The second kappa shape index (κ2) is 6.15. The van der Waals surface area contributed by atoms with Gasteiger partial charge in [-0.25, -0.2) is 0 Å². The van der Waals surface area contributed by atoms with Crippen LogP contribution in [0.5, 0.6) is 0 Å². The SMILES string of the molecule is Clc1ccc(Cl)c(C(Cl)c2cc(Br)ccc2Br)c1. The van der Waals surface area contributed by atoms with Crippen LogP contribution >= 0.6 is 66.7 Å². The Bertz CT molecular complexity index is 533. The van der Waals surface area contributed by atoms with Gasteiger partial charge in [-0.15, -0.1) is 11.6 Å². The fourth-order valence-corrected chi connectivity index (χ4v) is 3.40. The predicted molar refractivity (Wildman–Crippen MR) is 86.0 cm³/mol. The molecular weight excluding hydrogens is 422 g/mol. The van der Waals surface area contributed by atoms with Crippen LogP contribution < -0.4 is 0 Å². The Kier molecular flexibility index (Phi) is 5.01. The number of hydrogen-bond acceptors (Lipinski definition) is 0. The number of rotatable bonds is 2. The van der Waals surface area contributed by atoms with Crippen molar-refractivity contribution in [3.8, 4) is 0 Å². The van der Waals surface area contributed by atoms with E-state index in [1.807, 2.05) is 18.2 Å². The lowest BCUT2D eigenvalue weighted by Gasteiger charge is -2.14. The van der Waals surface area contributed by atoms with Crippen LogP contribution in [0.3, 0.4) is 0 Å². The van der Waals surface area contributed by atoms with Gasteiger partial charge in [0, 0.05) is 19.0 Å². The molecule has 0 saturated carbocycles. The maximum atomic E-state index is 6.49. The minimum Gasteiger partial charge on any atom is -0.112 e. The van der Waals surface area contributed by atoms with Gasteiger partial charge in [-0.2, -0.15) is 0 Å². The summed E-state index contributed by atoms with van der Waals surface area (Å²) in [6, 6.07) is 11.1. The van der Waals surface area contributed by atoms with Gasteiger partial charge in [0.25, 0.3) is 0 Å². The van der Waals surface area contributed by atoms with E-state index in [0.717, 1.165) is 20.1 Å². The largest absolute Gasteiger partial charge is 0.112 e. The van der Waals surface area contributed by atoms with Crippen molar-refractivity contribution in [2.75, 3.05) is 0 Å². The fraction of sp³-hybridized carbons (Fsp3) is 0.0769. The summed E-state index contributed by atoms with van der Waals surface area (Å²) in [6.45, 7) is 0. The molecule has 0 fully saturated rings. The molecule has 0 heterocycles. The first kappa shape index (κ1) is 14.7. The molecule has 0 bridgehead atoms. The Morgan fingerprint density at radius 1 is 0.889 bits per heavy atom. The Balaban J connectivity index is 2.50. The highest BCUT2D eigenvalue weighted by Gasteiger charge is 2.17. The molecule has 0 aromatic heterocycles. The monoisotopic (exact) mass is 426 g/mol. The van der Waals surface area contributed by atoms with Crippen molar-refractivity contribution in [2.24, 2.45) is 0 Å². The molecule has 0 spiro atoms. The van der Waals surface area contributed by atoms with E-state index >= 15 is 0 Å². The summed E-state index contributed by atoms with van der Waals surface area (Å²) in [5.74, 6) is 0. The van der Waals surface area contributed by atoms with E-state index in [9.17, 15) is 0 Å². The van der Waals surface area contributed by atoms with Crippen molar-refractivity contribution in [3.05, 3.63) is 66.5 Å². The van der Waals surface area contributed by atoms with Crippen LogP contribution in [0.1, 0.15) is 16.5 Å². The van der Waals surface area contributed by atoms with Crippen molar-refractivity contribution in [2.45, 2.75) is 5.38 Å². The van der Waals surface area contributed by atoms with Gasteiger partial charge in [-0.3, -0.25) is 0 Å². The molecule has 2 rings (SSSR count). The lowest BCUT2D eigenvalue weighted by atomic mass is 10.0. The number of benzene rings is 2. The minimum atomic E-state index is -0.358. The molecule has 18 heavy (non-hydrogen) atoms. The summed E-state index contributed by atoms with van der Waals surface area (Å²) in [5, 5.41) is 0.862. The lowest BCUT2D eigenvalue weighted by Crippen LogP contribution is -1.96. The van der Waals surface area contributed by atoms with Gasteiger partial charge < -0.3 is 0 Å². The van der Waals surface area contributed by atoms with Crippen LogP contribution in [-0.4, -0.2) is 0 Å². The van der Waals surface area contributed by atoms with Crippen LogP contribution in [0.25, 0.3) is 0 Å². The molecule has 0 radical (unpaired) electrons. The van der Waals surface area contributed by atoms with Gasteiger partial charge in [0.05, 0.1) is 5.38 Å². The van der Waals surface area contributed by atoms with Crippen molar-refractivity contribution >= 4 is 66.7 Å². The highest BCUT2D eigenvalue weighted by Crippen LogP contribution is 2.39. The van der Waals surface area contributed by atoms with E-state index in [0.29, 0.717) is 10.0 Å². The maximum absolute atomic E-state index is 6.49. The third-order valence-electron chi connectivity index (χ3n) is 2.46. The third-order valence-corrected chi connectivity index (χ3v) is 4.73. The Morgan fingerprint density at radius 2 is 1.61 bits per heavy atom. The van der Waals surface area contributed by atoms with Gasteiger partial charge in [-0.05, 0) is 47.5 Å². The van der Waals surface area contributed by atoms with Crippen LogP contribution in [0, 0.1) is 0 Å². The molecule has 0 N–H and O–H groups in total. The first-order valence-corrected chi connectivity index (χ1v) is 7.81. The van der Waals surface area contributed by atoms with Crippen LogP contribution in [0.4, 0.5) is 0 Å². The first-order valence-electron chi connectivity index (χ1n) is 5.03. The minimum absolute atomic E-state index is 0.358. The molecule has 0 aliphatic heterocycles. The Hall–Kier alpha value is 0.270. The molecule has 0 saturated heterocycles. The average Bonchev–Trinajstić information content (AvgIpc) is 2.34. The van der Waals surface area contributed by atoms with E-state index in [1.165, 1.54) is 0 Å². The van der Waals surface area contributed by atoms with Gasteiger partial charge >= 0.3 is 0 Å². The van der Waals surface area contributed by atoms with Crippen LogP contribution in [0.2, 0.25) is 10.0 Å². The summed E-state index contributed by atoms with van der Waals surface area (Å²) >= 11 is 25.6. The highest BCUT2D eigenvalue weighted by atomic mass is 79.9. The van der Waals surface area contributed by atoms with Gasteiger partial charge in [-0.1, -0.05) is 55.1 Å². The summed E-state index contributed by atoms with van der Waals surface area (Å²) < 4.78 is 1.89. The van der Waals surface area contributed by atoms with Crippen molar-refractivity contribution < 1.29 is 0 Å². The zero-order valence-electron chi connectivity index (χ0n) is 8.93. The summed E-state index contributed by atoms with van der Waals surface area (Å²) in [7, 11) is 0. The topological polar surface area (TPSA) is 0 Å². The number of alkyl halides is 1. The fourth-order valence-electron chi connectivity index (χ4n) is 1.59. The van der Waals surface area contributed by atoms with E-state index in [-0.39, 0.29) is 5.38 Å². The smallest absolute Gasteiger partial charge is 0.0861 e. The molecule has 2 aromatic carbocycles.